The second-order valence-corrected chi connectivity index (χ2v) is 5.68. The first kappa shape index (κ1) is 13.2. The number of aromatic nitrogens is 2. The molecule has 1 aromatic carbocycles. The lowest BCUT2D eigenvalue weighted by Gasteiger charge is -2.25. The van der Waals surface area contributed by atoms with Crippen LogP contribution in [0.4, 0.5) is 0 Å². The van der Waals surface area contributed by atoms with Gasteiger partial charge >= 0.3 is 0 Å². The molecule has 1 N–H and O–H groups in total. The molecule has 0 radical (unpaired) electrons. The van der Waals surface area contributed by atoms with Crippen LogP contribution in [0.15, 0.2) is 24.3 Å². The van der Waals surface area contributed by atoms with E-state index in [1.165, 1.54) is 24.6 Å². The highest BCUT2D eigenvalue weighted by Gasteiger charge is 2.17. The van der Waals surface area contributed by atoms with Gasteiger partial charge in [0.05, 0.1) is 17.8 Å². The number of carbonyl (C=O) groups excluding carboxylic acids is 1. The summed E-state index contributed by atoms with van der Waals surface area (Å²) in [6.45, 7) is 3.50. The van der Waals surface area contributed by atoms with Gasteiger partial charge in [0.15, 0.2) is 0 Å². The Labute approximate surface area is 119 Å². The maximum absolute atomic E-state index is 11.9. The van der Waals surface area contributed by atoms with E-state index in [-0.39, 0.29) is 5.91 Å². The molecule has 1 heterocycles. The van der Waals surface area contributed by atoms with Crippen LogP contribution in [0.25, 0.3) is 10.9 Å². The van der Waals surface area contributed by atoms with Gasteiger partial charge in [-0.1, -0.05) is 24.6 Å². The van der Waals surface area contributed by atoms with Crippen molar-refractivity contribution in [3.05, 3.63) is 30.0 Å². The largest absolute Gasteiger partial charge is 0.356 e. The highest BCUT2D eigenvalue weighted by molar-refractivity contribution is 5.82. The number of carbonyl (C=O) groups is 1. The number of rotatable bonds is 5. The van der Waals surface area contributed by atoms with E-state index in [4.69, 9.17) is 0 Å². The minimum absolute atomic E-state index is 0.133. The molecular formula is C16H21N3O. The maximum atomic E-state index is 11.9. The average molecular weight is 271 g/mol. The third kappa shape index (κ3) is 2.69. The summed E-state index contributed by atoms with van der Waals surface area (Å²) in [6.07, 6.45) is 4.35. The summed E-state index contributed by atoms with van der Waals surface area (Å²) >= 11 is 0. The summed E-state index contributed by atoms with van der Waals surface area (Å²) in [4.78, 5) is 11.9. The quantitative estimate of drug-likeness (QED) is 0.908. The Morgan fingerprint density at radius 2 is 2.20 bits per heavy atom. The molecule has 1 aromatic heterocycles. The Hall–Kier alpha value is -1.84. The van der Waals surface area contributed by atoms with Gasteiger partial charge in [-0.3, -0.25) is 9.48 Å². The number of hydrogen-bond donors (Lipinski definition) is 1. The smallest absolute Gasteiger partial charge is 0.221 e. The first-order valence-electron chi connectivity index (χ1n) is 7.43. The summed E-state index contributed by atoms with van der Waals surface area (Å²) in [5, 5.41) is 8.72. The molecule has 1 amide bonds. The van der Waals surface area contributed by atoms with E-state index in [0.717, 1.165) is 17.8 Å². The second kappa shape index (κ2) is 5.65. The predicted molar refractivity (Wildman–Crippen MR) is 79.4 cm³/mol. The molecule has 0 saturated heterocycles. The standard InChI is InChI=1S/C16H21N3O/c1-12-14-7-2-3-8-15(14)19(18-12)10-9-16(20)17-11-13-5-4-6-13/h2-3,7-8,13H,4-6,9-11H2,1H3,(H,17,20). The van der Waals surface area contributed by atoms with Crippen molar-refractivity contribution >= 4 is 16.8 Å². The van der Waals surface area contributed by atoms with Crippen LogP contribution in [0, 0.1) is 12.8 Å². The molecule has 0 bridgehead atoms. The van der Waals surface area contributed by atoms with Gasteiger partial charge in [-0.05, 0) is 31.7 Å². The number of fused-ring (bicyclic) bond motifs is 1. The van der Waals surface area contributed by atoms with Crippen LogP contribution in [0.3, 0.4) is 0 Å². The topological polar surface area (TPSA) is 46.9 Å². The fourth-order valence-corrected chi connectivity index (χ4v) is 2.71. The van der Waals surface area contributed by atoms with Crippen LogP contribution in [0.5, 0.6) is 0 Å². The van der Waals surface area contributed by atoms with Crippen molar-refractivity contribution < 1.29 is 4.79 Å². The van der Waals surface area contributed by atoms with Crippen molar-refractivity contribution in [3.63, 3.8) is 0 Å². The molecule has 1 fully saturated rings. The highest BCUT2D eigenvalue weighted by atomic mass is 16.1. The van der Waals surface area contributed by atoms with Gasteiger partial charge in [0, 0.05) is 18.4 Å². The Bertz CT molecular complexity index is 613. The van der Waals surface area contributed by atoms with E-state index >= 15 is 0 Å². The van der Waals surface area contributed by atoms with E-state index in [0.29, 0.717) is 18.9 Å². The van der Waals surface area contributed by atoms with Crippen LogP contribution in [-0.2, 0) is 11.3 Å². The molecule has 1 aliphatic rings. The summed E-state index contributed by atoms with van der Waals surface area (Å²) in [5.41, 5.74) is 2.13. The lowest BCUT2D eigenvalue weighted by molar-refractivity contribution is -0.121. The van der Waals surface area contributed by atoms with Crippen LogP contribution in [0.1, 0.15) is 31.4 Å². The fraction of sp³-hybridized carbons (Fsp3) is 0.500. The van der Waals surface area contributed by atoms with Gasteiger partial charge < -0.3 is 5.32 Å². The first-order valence-corrected chi connectivity index (χ1v) is 7.43. The molecule has 0 aliphatic heterocycles. The molecule has 4 nitrogen and oxygen atoms in total. The predicted octanol–water partition coefficient (Wildman–Crippen LogP) is 2.65. The normalized spacial score (nSPS) is 15.2. The van der Waals surface area contributed by atoms with E-state index in [1.54, 1.807) is 0 Å². The fourth-order valence-electron chi connectivity index (χ4n) is 2.71. The first-order chi connectivity index (χ1) is 9.74. The van der Waals surface area contributed by atoms with Crippen LogP contribution in [0.2, 0.25) is 0 Å². The third-order valence-corrected chi connectivity index (χ3v) is 4.21. The van der Waals surface area contributed by atoms with E-state index < -0.39 is 0 Å². The molecule has 0 atom stereocenters. The van der Waals surface area contributed by atoms with E-state index in [2.05, 4.69) is 22.5 Å². The van der Waals surface area contributed by atoms with Crippen molar-refractivity contribution in [2.24, 2.45) is 5.92 Å². The van der Waals surface area contributed by atoms with Crippen molar-refractivity contribution in [3.8, 4) is 0 Å². The number of aryl methyl sites for hydroxylation is 2. The molecule has 1 aliphatic carbocycles. The summed E-state index contributed by atoms with van der Waals surface area (Å²) < 4.78 is 1.94. The molecule has 20 heavy (non-hydrogen) atoms. The Balaban J connectivity index is 1.57. The number of nitrogens with zero attached hydrogens (tertiary/aromatic N) is 2. The Morgan fingerprint density at radius 1 is 1.40 bits per heavy atom. The minimum atomic E-state index is 0.133. The van der Waals surface area contributed by atoms with Crippen LogP contribution in [-0.4, -0.2) is 22.2 Å². The number of amides is 1. The zero-order valence-corrected chi connectivity index (χ0v) is 11.9. The molecule has 0 unspecified atom stereocenters. The number of nitrogens with one attached hydrogen (secondary N) is 1. The van der Waals surface area contributed by atoms with Crippen LogP contribution >= 0.6 is 0 Å². The molecule has 1 saturated carbocycles. The zero-order chi connectivity index (χ0) is 13.9. The van der Waals surface area contributed by atoms with Crippen molar-refractivity contribution in [1.29, 1.82) is 0 Å². The molecule has 4 heteroatoms. The molecular weight excluding hydrogens is 250 g/mol. The number of benzene rings is 1. The summed E-state index contributed by atoms with van der Waals surface area (Å²) in [6, 6.07) is 8.16. The summed E-state index contributed by atoms with van der Waals surface area (Å²) in [7, 11) is 0. The van der Waals surface area contributed by atoms with Gasteiger partial charge in [-0.15, -0.1) is 0 Å². The maximum Gasteiger partial charge on any atom is 0.221 e. The molecule has 0 spiro atoms. The lowest BCUT2D eigenvalue weighted by atomic mass is 9.85. The molecule has 3 rings (SSSR count). The monoisotopic (exact) mass is 271 g/mol. The molecule has 2 aromatic rings. The Kier molecular flexibility index (Phi) is 3.72. The Morgan fingerprint density at radius 3 is 2.95 bits per heavy atom. The number of hydrogen-bond acceptors (Lipinski definition) is 2. The minimum Gasteiger partial charge on any atom is -0.356 e. The van der Waals surface area contributed by atoms with E-state index in [9.17, 15) is 4.79 Å². The van der Waals surface area contributed by atoms with E-state index in [1.807, 2.05) is 23.7 Å². The number of para-hydroxylation sites is 1. The lowest BCUT2D eigenvalue weighted by Crippen LogP contribution is -2.32. The van der Waals surface area contributed by atoms with Gasteiger partial charge in [-0.2, -0.15) is 5.10 Å². The van der Waals surface area contributed by atoms with Crippen molar-refractivity contribution in [1.82, 2.24) is 15.1 Å². The van der Waals surface area contributed by atoms with Gasteiger partial charge in [0.25, 0.3) is 0 Å². The molecule has 106 valence electrons. The summed E-state index contributed by atoms with van der Waals surface area (Å²) in [5.74, 6) is 0.848. The van der Waals surface area contributed by atoms with Crippen molar-refractivity contribution in [2.75, 3.05) is 6.54 Å². The van der Waals surface area contributed by atoms with Crippen molar-refractivity contribution in [2.45, 2.75) is 39.2 Å². The zero-order valence-electron chi connectivity index (χ0n) is 11.9. The third-order valence-electron chi connectivity index (χ3n) is 4.21. The SMILES string of the molecule is Cc1nn(CCC(=O)NCC2CCC2)c2ccccc12. The second-order valence-electron chi connectivity index (χ2n) is 5.68. The van der Waals surface area contributed by atoms with Gasteiger partial charge in [0.2, 0.25) is 5.91 Å². The highest BCUT2D eigenvalue weighted by Crippen LogP contribution is 2.25. The van der Waals surface area contributed by atoms with Gasteiger partial charge in [0.1, 0.15) is 0 Å². The average Bonchev–Trinajstić information content (AvgIpc) is 2.72. The van der Waals surface area contributed by atoms with Crippen LogP contribution < -0.4 is 5.32 Å². The van der Waals surface area contributed by atoms with Gasteiger partial charge in [-0.25, -0.2) is 0 Å².